The minimum absolute atomic E-state index is 0.118. The second kappa shape index (κ2) is 9.71. The van der Waals surface area contributed by atoms with Gasteiger partial charge >= 0.3 is 0 Å². The summed E-state index contributed by atoms with van der Waals surface area (Å²) >= 11 is 6.38. The van der Waals surface area contributed by atoms with Gasteiger partial charge in [0.1, 0.15) is 23.0 Å². The fourth-order valence-electron chi connectivity index (χ4n) is 3.52. The standard InChI is InChI=1S/C25H22ClF2N5O3/c1-13-10-30-19(18-5-6-29-24(32-18)25(3,4)35)9-20(13)33-14(2)7-15(21(26)23(33)34)12-36-22-17(28)8-16(27)11-31-22/h5-11,35H,12H2,1-4H3. The van der Waals surface area contributed by atoms with Gasteiger partial charge in [0.25, 0.3) is 11.4 Å². The van der Waals surface area contributed by atoms with Gasteiger partial charge in [-0.15, -0.1) is 0 Å². The van der Waals surface area contributed by atoms with E-state index in [0.29, 0.717) is 40.0 Å². The van der Waals surface area contributed by atoms with Crippen molar-refractivity contribution in [2.24, 2.45) is 0 Å². The summed E-state index contributed by atoms with van der Waals surface area (Å²) in [6, 6.07) is 5.65. The van der Waals surface area contributed by atoms with Gasteiger partial charge in [0.15, 0.2) is 11.6 Å². The molecule has 0 saturated heterocycles. The van der Waals surface area contributed by atoms with Crippen molar-refractivity contribution in [3.05, 3.63) is 92.5 Å². The average molecular weight is 514 g/mol. The van der Waals surface area contributed by atoms with Crippen LogP contribution in [0.3, 0.4) is 0 Å². The molecule has 0 spiro atoms. The second-order valence-corrected chi connectivity index (χ2v) is 9.05. The predicted octanol–water partition coefficient (Wildman–Crippen LogP) is 4.44. The summed E-state index contributed by atoms with van der Waals surface area (Å²) in [5.41, 5.74) is 1.28. The largest absolute Gasteiger partial charge is 0.471 e. The van der Waals surface area contributed by atoms with Gasteiger partial charge < -0.3 is 9.84 Å². The lowest BCUT2D eigenvalue weighted by Gasteiger charge is -2.17. The number of rotatable bonds is 6. The highest BCUT2D eigenvalue weighted by Gasteiger charge is 2.21. The van der Waals surface area contributed by atoms with Crippen LogP contribution in [0.5, 0.6) is 5.88 Å². The zero-order valence-corrected chi connectivity index (χ0v) is 20.6. The van der Waals surface area contributed by atoms with E-state index < -0.39 is 28.7 Å². The van der Waals surface area contributed by atoms with Crippen molar-refractivity contribution in [1.29, 1.82) is 0 Å². The molecule has 0 fully saturated rings. The smallest absolute Gasteiger partial charge is 0.274 e. The van der Waals surface area contributed by atoms with Gasteiger partial charge in [0, 0.05) is 29.7 Å². The SMILES string of the molecule is Cc1cnc(-c2ccnc(C(C)(C)O)n2)cc1-n1c(C)cc(COc2ncc(F)cc2F)c(Cl)c1=O. The van der Waals surface area contributed by atoms with Crippen LogP contribution in [-0.4, -0.2) is 29.6 Å². The number of hydrogen-bond donors (Lipinski definition) is 1. The molecule has 4 aromatic heterocycles. The van der Waals surface area contributed by atoms with Crippen LogP contribution < -0.4 is 10.3 Å². The first-order valence-electron chi connectivity index (χ1n) is 10.8. The topological polar surface area (TPSA) is 103 Å². The molecule has 0 amide bonds. The van der Waals surface area contributed by atoms with Crippen molar-refractivity contribution in [2.75, 3.05) is 0 Å². The number of aliphatic hydroxyl groups is 1. The Morgan fingerprint density at radius 2 is 1.83 bits per heavy atom. The number of hydrogen-bond acceptors (Lipinski definition) is 7. The molecule has 4 rings (SSSR count). The molecule has 0 aliphatic carbocycles. The molecule has 0 radical (unpaired) electrons. The summed E-state index contributed by atoms with van der Waals surface area (Å²) in [4.78, 5) is 29.8. The van der Waals surface area contributed by atoms with Crippen LogP contribution in [0.4, 0.5) is 8.78 Å². The zero-order valence-electron chi connectivity index (χ0n) is 19.9. The summed E-state index contributed by atoms with van der Waals surface area (Å²) in [7, 11) is 0. The molecule has 11 heteroatoms. The third-order valence-electron chi connectivity index (χ3n) is 5.33. The van der Waals surface area contributed by atoms with E-state index in [4.69, 9.17) is 16.3 Å². The third-order valence-corrected chi connectivity index (χ3v) is 5.73. The molecule has 36 heavy (non-hydrogen) atoms. The molecule has 1 N–H and O–H groups in total. The molecule has 186 valence electrons. The van der Waals surface area contributed by atoms with Gasteiger partial charge in [0.05, 0.1) is 23.3 Å². The number of halogens is 3. The van der Waals surface area contributed by atoms with Crippen molar-refractivity contribution in [3.8, 4) is 23.0 Å². The Labute approximate surface area is 210 Å². The third kappa shape index (κ3) is 5.09. The van der Waals surface area contributed by atoms with Crippen molar-refractivity contribution in [1.82, 2.24) is 24.5 Å². The highest BCUT2D eigenvalue weighted by atomic mass is 35.5. The van der Waals surface area contributed by atoms with E-state index in [1.807, 2.05) is 0 Å². The first-order chi connectivity index (χ1) is 17.0. The van der Waals surface area contributed by atoms with Gasteiger partial charge in [-0.3, -0.25) is 14.3 Å². The van der Waals surface area contributed by atoms with E-state index in [1.165, 1.54) is 10.8 Å². The Kier molecular flexibility index (Phi) is 6.83. The van der Waals surface area contributed by atoms with E-state index >= 15 is 0 Å². The summed E-state index contributed by atoms with van der Waals surface area (Å²) < 4.78 is 33.7. The monoisotopic (exact) mass is 513 g/mol. The van der Waals surface area contributed by atoms with Crippen molar-refractivity contribution in [2.45, 2.75) is 39.9 Å². The summed E-state index contributed by atoms with van der Waals surface area (Å²) in [6.45, 7) is 6.43. The normalized spacial score (nSPS) is 11.6. The molecule has 0 saturated carbocycles. The highest BCUT2D eigenvalue weighted by Crippen LogP contribution is 2.25. The Morgan fingerprint density at radius 1 is 1.08 bits per heavy atom. The van der Waals surface area contributed by atoms with Crippen LogP contribution in [0.2, 0.25) is 5.02 Å². The number of aromatic nitrogens is 5. The molecule has 0 atom stereocenters. The van der Waals surface area contributed by atoms with Crippen LogP contribution in [0.25, 0.3) is 17.1 Å². The van der Waals surface area contributed by atoms with Crippen LogP contribution in [-0.2, 0) is 12.2 Å². The molecule has 4 aromatic rings. The quantitative estimate of drug-likeness (QED) is 0.406. The van der Waals surface area contributed by atoms with Crippen molar-refractivity contribution in [3.63, 3.8) is 0 Å². The Morgan fingerprint density at radius 3 is 2.53 bits per heavy atom. The van der Waals surface area contributed by atoms with E-state index in [1.54, 1.807) is 52.1 Å². The number of nitrogens with zero attached hydrogens (tertiary/aromatic N) is 5. The van der Waals surface area contributed by atoms with Gasteiger partial charge in [-0.05, 0) is 51.5 Å². The maximum absolute atomic E-state index is 13.9. The van der Waals surface area contributed by atoms with Crippen molar-refractivity contribution < 1.29 is 18.6 Å². The average Bonchev–Trinajstić information content (AvgIpc) is 2.82. The van der Waals surface area contributed by atoms with Crippen LogP contribution >= 0.6 is 11.6 Å². The van der Waals surface area contributed by atoms with Crippen LogP contribution in [0, 0.1) is 25.5 Å². The van der Waals surface area contributed by atoms with E-state index in [9.17, 15) is 18.7 Å². The summed E-state index contributed by atoms with van der Waals surface area (Å²) in [5.74, 6) is -1.97. The first kappa shape index (κ1) is 25.3. The van der Waals surface area contributed by atoms with Gasteiger partial charge in [-0.25, -0.2) is 23.7 Å². The van der Waals surface area contributed by atoms with Crippen LogP contribution in [0.1, 0.15) is 36.5 Å². The van der Waals surface area contributed by atoms with E-state index in [-0.39, 0.29) is 17.5 Å². The Bertz CT molecular complexity index is 1520. The molecule has 0 aliphatic rings. The lowest BCUT2D eigenvalue weighted by atomic mass is 10.1. The van der Waals surface area contributed by atoms with E-state index in [0.717, 1.165) is 6.20 Å². The lowest BCUT2D eigenvalue weighted by Crippen LogP contribution is -2.24. The van der Waals surface area contributed by atoms with E-state index in [2.05, 4.69) is 19.9 Å². The lowest BCUT2D eigenvalue weighted by molar-refractivity contribution is 0.0688. The maximum Gasteiger partial charge on any atom is 0.274 e. The second-order valence-electron chi connectivity index (χ2n) is 8.68. The van der Waals surface area contributed by atoms with Crippen molar-refractivity contribution >= 4 is 11.6 Å². The molecule has 0 bridgehead atoms. The minimum atomic E-state index is -1.24. The summed E-state index contributed by atoms with van der Waals surface area (Å²) in [5, 5.41) is 10.1. The first-order valence-corrected chi connectivity index (χ1v) is 11.2. The molecule has 0 unspecified atom stereocenters. The van der Waals surface area contributed by atoms with Gasteiger partial charge in [-0.2, -0.15) is 0 Å². The highest BCUT2D eigenvalue weighted by molar-refractivity contribution is 6.31. The Balaban J connectivity index is 1.72. The predicted molar refractivity (Wildman–Crippen MR) is 129 cm³/mol. The molecular formula is C25H22ClF2N5O3. The molecule has 4 heterocycles. The molecule has 8 nitrogen and oxygen atoms in total. The fraction of sp³-hybridized carbons (Fsp3) is 0.240. The van der Waals surface area contributed by atoms with Gasteiger partial charge in [0.2, 0.25) is 0 Å². The van der Waals surface area contributed by atoms with Gasteiger partial charge in [-0.1, -0.05) is 11.6 Å². The minimum Gasteiger partial charge on any atom is -0.471 e. The number of pyridine rings is 3. The summed E-state index contributed by atoms with van der Waals surface area (Å²) in [6.07, 6.45) is 3.96. The molecular weight excluding hydrogens is 492 g/mol. The zero-order chi connectivity index (χ0) is 26.2. The number of ether oxygens (including phenoxy) is 1. The Hall–Kier alpha value is -3.76. The maximum atomic E-state index is 13.9. The molecule has 0 aromatic carbocycles. The van der Waals surface area contributed by atoms with Crippen LogP contribution in [0.15, 0.2) is 47.7 Å². The fourth-order valence-corrected chi connectivity index (χ4v) is 3.72. The molecule has 0 aliphatic heterocycles. The number of aryl methyl sites for hydroxylation is 2.